The molecule has 7 heteroatoms. The molecular weight excluding hydrogens is 368 g/mol. The van der Waals surface area contributed by atoms with Gasteiger partial charge in [0.25, 0.3) is 0 Å². The summed E-state index contributed by atoms with van der Waals surface area (Å²) < 4.78 is 10.5. The number of benzene rings is 2. The first-order chi connectivity index (χ1) is 13.0. The molecule has 1 unspecified atom stereocenters. The van der Waals surface area contributed by atoms with Gasteiger partial charge in [0.1, 0.15) is 11.5 Å². The van der Waals surface area contributed by atoms with Crippen LogP contribution in [0.3, 0.4) is 0 Å². The van der Waals surface area contributed by atoms with Gasteiger partial charge in [0.05, 0.1) is 30.8 Å². The van der Waals surface area contributed by atoms with Crippen molar-refractivity contribution in [2.75, 3.05) is 26.1 Å². The largest absolute Gasteiger partial charge is 0.495 e. The van der Waals surface area contributed by atoms with Crippen molar-refractivity contribution in [3.05, 3.63) is 53.1 Å². The van der Waals surface area contributed by atoms with Gasteiger partial charge >= 0.3 is 0 Å². The number of hydrogen-bond acceptors (Lipinski definition) is 4. The van der Waals surface area contributed by atoms with Crippen molar-refractivity contribution in [1.82, 2.24) is 4.90 Å². The van der Waals surface area contributed by atoms with E-state index in [0.717, 1.165) is 5.56 Å². The quantitative estimate of drug-likeness (QED) is 0.824. The van der Waals surface area contributed by atoms with Crippen LogP contribution >= 0.6 is 11.6 Å². The van der Waals surface area contributed by atoms with Crippen LogP contribution in [-0.4, -0.2) is 37.5 Å². The molecule has 3 rings (SSSR count). The maximum Gasteiger partial charge on any atom is 0.229 e. The van der Waals surface area contributed by atoms with E-state index in [1.54, 1.807) is 17.0 Å². The molecular formula is C20H21ClN2O4. The summed E-state index contributed by atoms with van der Waals surface area (Å²) in [5.41, 5.74) is 1.48. The SMILES string of the molecule is COc1cc(OC)c(NC(=O)C2CC(=O)N(Cc3ccccc3)C2)cc1Cl. The molecule has 1 fully saturated rings. The third-order valence-corrected chi connectivity index (χ3v) is 4.83. The third kappa shape index (κ3) is 4.34. The van der Waals surface area contributed by atoms with E-state index in [1.165, 1.54) is 14.2 Å². The Morgan fingerprint density at radius 2 is 1.89 bits per heavy atom. The number of nitrogens with zero attached hydrogens (tertiary/aromatic N) is 1. The minimum atomic E-state index is -0.424. The highest BCUT2D eigenvalue weighted by molar-refractivity contribution is 6.32. The van der Waals surface area contributed by atoms with Crippen LogP contribution in [0.15, 0.2) is 42.5 Å². The van der Waals surface area contributed by atoms with Gasteiger partial charge in [-0.05, 0) is 11.6 Å². The second-order valence-electron chi connectivity index (χ2n) is 6.34. The number of methoxy groups -OCH3 is 2. The Morgan fingerprint density at radius 1 is 1.19 bits per heavy atom. The highest BCUT2D eigenvalue weighted by Gasteiger charge is 2.34. The average molecular weight is 389 g/mol. The topological polar surface area (TPSA) is 67.9 Å². The number of rotatable bonds is 6. The molecule has 1 aliphatic rings. The first-order valence-corrected chi connectivity index (χ1v) is 8.93. The molecule has 0 radical (unpaired) electrons. The zero-order valence-electron chi connectivity index (χ0n) is 15.2. The van der Waals surface area contributed by atoms with Crippen LogP contribution < -0.4 is 14.8 Å². The normalized spacial score (nSPS) is 16.3. The van der Waals surface area contributed by atoms with Crippen LogP contribution in [-0.2, 0) is 16.1 Å². The van der Waals surface area contributed by atoms with Gasteiger partial charge in [0.2, 0.25) is 11.8 Å². The van der Waals surface area contributed by atoms with Crippen LogP contribution in [0.4, 0.5) is 5.69 Å². The molecule has 0 aromatic heterocycles. The predicted molar refractivity (Wildman–Crippen MR) is 103 cm³/mol. The van der Waals surface area contributed by atoms with E-state index in [9.17, 15) is 9.59 Å². The predicted octanol–water partition coefficient (Wildman–Crippen LogP) is 3.34. The van der Waals surface area contributed by atoms with Crippen molar-refractivity contribution >= 4 is 29.1 Å². The summed E-state index contributed by atoms with van der Waals surface area (Å²) in [6, 6.07) is 12.9. The van der Waals surface area contributed by atoms with Crippen molar-refractivity contribution in [3.8, 4) is 11.5 Å². The molecule has 1 N–H and O–H groups in total. The Kier molecular flexibility index (Phi) is 5.86. The summed E-state index contributed by atoms with van der Waals surface area (Å²) in [6.45, 7) is 0.882. The molecule has 6 nitrogen and oxygen atoms in total. The number of carbonyl (C=O) groups is 2. The minimum absolute atomic E-state index is 0.0290. The van der Waals surface area contributed by atoms with Gasteiger partial charge < -0.3 is 19.7 Å². The molecule has 142 valence electrons. The summed E-state index contributed by atoms with van der Waals surface area (Å²) in [6.07, 6.45) is 0.185. The van der Waals surface area contributed by atoms with E-state index < -0.39 is 5.92 Å². The first kappa shape index (κ1) is 19.0. The van der Waals surface area contributed by atoms with Crippen LogP contribution in [0.25, 0.3) is 0 Å². The van der Waals surface area contributed by atoms with Crippen LogP contribution in [0, 0.1) is 5.92 Å². The number of likely N-dealkylation sites (tertiary alicyclic amines) is 1. The lowest BCUT2D eigenvalue weighted by Gasteiger charge is -2.17. The van der Waals surface area contributed by atoms with Crippen molar-refractivity contribution in [2.45, 2.75) is 13.0 Å². The maximum atomic E-state index is 12.7. The molecule has 27 heavy (non-hydrogen) atoms. The van der Waals surface area contributed by atoms with E-state index in [2.05, 4.69) is 5.32 Å². The summed E-state index contributed by atoms with van der Waals surface area (Å²) in [4.78, 5) is 26.7. The smallest absolute Gasteiger partial charge is 0.229 e. The average Bonchev–Trinajstić information content (AvgIpc) is 3.03. The zero-order chi connectivity index (χ0) is 19.4. The first-order valence-electron chi connectivity index (χ1n) is 8.56. The third-order valence-electron chi connectivity index (χ3n) is 4.53. The molecule has 0 bridgehead atoms. The molecule has 0 aliphatic carbocycles. The highest BCUT2D eigenvalue weighted by atomic mass is 35.5. The fraction of sp³-hybridized carbons (Fsp3) is 0.300. The Bertz CT molecular complexity index is 841. The number of hydrogen-bond donors (Lipinski definition) is 1. The van der Waals surface area contributed by atoms with Crippen LogP contribution in [0.5, 0.6) is 11.5 Å². The molecule has 1 heterocycles. The monoisotopic (exact) mass is 388 g/mol. The highest BCUT2D eigenvalue weighted by Crippen LogP contribution is 2.36. The Labute approximate surface area is 163 Å². The van der Waals surface area contributed by atoms with Gasteiger partial charge in [-0.15, -0.1) is 0 Å². The van der Waals surface area contributed by atoms with Gasteiger partial charge in [0.15, 0.2) is 0 Å². The molecule has 1 saturated heterocycles. The van der Waals surface area contributed by atoms with Gasteiger partial charge in [0, 0.05) is 25.6 Å². The Balaban J connectivity index is 1.68. The van der Waals surface area contributed by atoms with Crippen molar-refractivity contribution in [1.29, 1.82) is 0 Å². The van der Waals surface area contributed by atoms with Gasteiger partial charge in [-0.3, -0.25) is 9.59 Å². The Hall–Kier alpha value is -2.73. The minimum Gasteiger partial charge on any atom is -0.495 e. The summed E-state index contributed by atoms with van der Waals surface area (Å²) in [7, 11) is 3.00. The van der Waals surface area contributed by atoms with Crippen molar-refractivity contribution in [3.63, 3.8) is 0 Å². The van der Waals surface area contributed by atoms with Crippen LogP contribution in [0.2, 0.25) is 5.02 Å². The van der Waals surface area contributed by atoms with E-state index in [0.29, 0.717) is 35.3 Å². The summed E-state index contributed by atoms with van der Waals surface area (Å²) in [5.74, 6) is 0.204. The van der Waals surface area contributed by atoms with Gasteiger partial charge in [-0.1, -0.05) is 41.9 Å². The number of anilines is 1. The van der Waals surface area contributed by atoms with E-state index in [1.807, 2.05) is 30.3 Å². The number of halogens is 1. The number of carbonyl (C=O) groups excluding carboxylic acids is 2. The van der Waals surface area contributed by atoms with Crippen molar-refractivity contribution < 1.29 is 19.1 Å². The fourth-order valence-electron chi connectivity index (χ4n) is 3.10. The molecule has 1 aliphatic heterocycles. The molecule has 0 saturated carbocycles. The van der Waals surface area contributed by atoms with E-state index in [-0.39, 0.29) is 18.2 Å². The molecule has 2 aromatic carbocycles. The number of ether oxygens (including phenoxy) is 2. The molecule has 2 aromatic rings. The lowest BCUT2D eigenvalue weighted by molar-refractivity contribution is -0.128. The molecule has 1 atom stereocenters. The Morgan fingerprint density at radius 3 is 2.56 bits per heavy atom. The standard InChI is InChI=1S/C20H21ClN2O4/c1-26-17-10-18(27-2)16(9-15(17)21)22-20(25)14-8-19(24)23(12-14)11-13-6-4-3-5-7-13/h3-7,9-10,14H,8,11-12H2,1-2H3,(H,22,25). The zero-order valence-corrected chi connectivity index (χ0v) is 16.0. The molecule has 2 amide bonds. The van der Waals surface area contributed by atoms with E-state index >= 15 is 0 Å². The van der Waals surface area contributed by atoms with Crippen molar-refractivity contribution in [2.24, 2.45) is 5.92 Å². The molecule has 0 spiro atoms. The van der Waals surface area contributed by atoms with Gasteiger partial charge in [-0.2, -0.15) is 0 Å². The summed E-state index contributed by atoms with van der Waals surface area (Å²) in [5, 5.41) is 3.18. The lowest BCUT2D eigenvalue weighted by atomic mass is 10.1. The lowest BCUT2D eigenvalue weighted by Crippen LogP contribution is -2.28. The van der Waals surface area contributed by atoms with E-state index in [4.69, 9.17) is 21.1 Å². The number of nitrogens with one attached hydrogen (secondary N) is 1. The fourth-order valence-corrected chi connectivity index (χ4v) is 3.34. The second kappa shape index (κ2) is 8.31. The maximum absolute atomic E-state index is 12.7. The second-order valence-corrected chi connectivity index (χ2v) is 6.74. The van der Waals surface area contributed by atoms with Gasteiger partial charge in [-0.25, -0.2) is 0 Å². The summed E-state index contributed by atoms with van der Waals surface area (Å²) >= 11 is 6.14. The van der Waals surface area contributed by atoms with Crippen LogP contribution in [0.1, 0.15) is 12.0 Å². The number of amides is 2.